The van der Waals surface area contributed by atoms with Crippen LogP contribution >= 0.6 is 0 Å². The number of hydrogen-bond acceptors (Lipinski definition) is 2. The van der Waals surface area contributed by atoms with Gasteiger partial charge in [0, 0.05) is 19.7 Å². The molecule has 0 aliphatic carbocycles. The summed E-state index contributed by atoms with van der Waals surface area (Å²) in [6.45, 7) is 7.32. The smallest absolute Gasteiger partial charge is 0.410 e. The first kappa shape index (κ1) is 15.5. The fourth-order valence-electron chi connectivity index (χ4n) is 1.78. The van der Waals surface area contributed by atoms with Crippen LogP contribution < -0.4 is 4.74 Å². The molecule has 1 rings (SSSR count). The van der Waals surface area contributed by atoms with Crippen LogP contribution in [0.3, 0.4) is 0 Å². The second-order valence-electron chi connectivity index (χ2n) is 5.28. The minimum atomic E-state index is -0.338. The van der Waals surface area contributed by atoms with Crippen molar-refractivity contribution in [2.45, 2.75) is 20.4 Å². The monoisotopic (exact) mass is 265 g/mol. The number of benzene rings is 1. The van der Waals surface area contributed by atoms with E-state index >= 15 is 0 Å². The maximum absolute atomic E-state index is 11.7. The highest BCUT2D eigenvalue weighted by molar-refractivity contribution is 5.70. The molecule has 1 amide bonds. The van der Waals surface area contributed by atoms with E-state index in [1.807, 2.05) is 24.3 Å². The quantitative estimate of drug-likeness (QED) is 0.766. The second-order valence-corrected chi connectivity index (χ2v) is 5.28. The van der Waals surface area contributed by atoms with E-state index in [9.17, 15) is 4.79 Å². The van der Waals surface area contributed by atoms with Crippen LogP contribution in [0.5, 0.6) is 5.75 Å². The summed E-state index contributed by atoms with van der Waals surface area (Å²) in [5.74, 6) is 0.660. The van der Waals surface area contributed by atoms with E-state index in [1.165, 1.54) is 4.90 Å². The average Bonchev–Trinajstić information content (AvgIpc) is 2.40. The number of rotatable bonds is 5. The van der Waals surface area contributed by atoms with Gasteiger partial charge in [-0.25, -0.2) is 4.79 Å². The Morgan fingerprint density at radius 3 is 2.32 bits per heavy atom. The molecule has 4 heteroatoms. The summed E-state index contributed by atoms with van der Waals surface area (Å²) in [6, 6.07) is 7.76. The molecule has 19 heavy (non-hydrogen) atoms. The maximum atomic E-state index is 11.7. The van der Waals surface area contributed by atoms with Gasteiger partial charge < -0.3 is 14.1 Å². The maximum Gasteiger partial charge on any atom is 0.414 e. The van der Waals surface area contributed by atoms with Crippen LogP contribution in [0, 0.1) is 0 Å². The zero-order chi connectivity index (χ0) is 14.5. The van der Waals surface area contributed by atoms with Crippen LogP contribution in [0.2, 0.25) is 0 Å². The molecule has 0 spiro atoms. The zero-order valence-corrected chi connectivity index (χ0v) is 12.6. The molecule has 0 radical (unpaired) electrons. The minimum absolute atomic E-state index is 0.338. The summed E-state index contributed by atoms with van der Waals surface area (Å²) in [4.78, 5) is 13.1. The van der Waals surface area contributed by atoms with Crippen molar-refractivity contribution in [3.05, 3.63) is 29.8 Å². The number of hydrogen-bond donors (Lipinski definition) is 0. The molecule has 0 aromatic heterocycles. The summed E-state index contributed by atoms with van der Waals surface area (Å²) in [5, 5.41) is 0. The van der Waals surface area contributed by atoms with Gasteiger partial charge in [-0.1, -0.05) is 12.1 Å². The van der Waals surface area contributed by atoms with Gasteiger partial charge in [-0.3, -0.25) is 0 Å². The van der Waals surface area contributed by atoms with Crippen LogP contribution in [-0.2, 0) is 6.54 Å². The number of nitrogens with zero attached hydrogens (tertiary/aromatic N) is 2. The van der Waals surface area contributed by atoms with Crippen molar-refractivity contribution in [1.29, 1.82) is 0 Å². The van der Waals surface area contributed by atoms with Gasteiger partial charge in [0.05, 0.1) is 20.1 Å². The summed E-state index contributed by atoms with van der Waals surface area (Å²) in [5.41, 5.74) is 1.07. The Morgan fingerprint density at radius 2 is 1.79 bits per heavy atom. The molecule has 0 saturated carbocycles. The van der Waals surface area contributed by atoms with Crippen molar-refractivity contribution in [2.75, 3.05) is 34.2 Å². The number of para-hydroxylation sites is 1. The predicted molar refractivity (Wildman–Crippen MR) is 77.1 cm³/mol. The fraction of sp³-hybridized carbons (Fsp3) is 0.533. The average molecular weight is 265 g/mol. The van der Waals surface area contributed by atoms with Gasteiger partial charge in [0.15, 0.2) is 0 Å². The summed E-state index contributed by atoms with van der Waals surface area (Å²) >= 11 is 0. The van der Waals surface area contributed by atoms with E-state index in [4.69, 9.17) is 4.74 Å². The molecule has 4 nitrogen and oxygen atoms in total. The highest BCUT2D eigenvalue weighted by Crippen LogP contribution is 2.22. The van der Waals surface area contributed by atoms with E-state index in [0.29, 0.717) is 5.75 Å². The summed E-state index contributed by atoms with van der Waals surface area (Å²) < 4.78 is 6.35. The van der Waals surface area contributed by atoms with Crippen molar-refractivity contribution < 1.29 is 14.0 Å². The van der Waals surface area contributed by atoms with Crippen LogP contribution in [-0.4, -0.2) is 49.7 Å². The number of amides is 1. The van der Waals surface area contributed by atoms with Crippen LogP contribution in [0.1, 0.15) is 19.4 Å². The van der Waals surface area contributed by atoms with Gasteiger partial charge in [0.2, 0.25) is 0 Å². The predicted octanol–water partition coefficient (Wildman–Crippen LogP) is 2.73. The topological polar surface area (TPSA) is 29.5 Å². The molecule has 0 atom stereocenters. The molecule has 0 aliphatic heterocycles. The van der Waals surface area contributed by atoms with Gasteiger partial charge in [0.1, 0.15) is 12.3 Å². The van der Waals surface area contributed by atoms with Crippen LogP contribution in [0.15, 0.2) is 24.3 Å². The third-order valence-corrected chi connectivity index (χ3v) is 3.61. The Kier molecular flexibility index (Phi) is 5.36. The van der Waals surface area contributed by atoms with E-state index in [2.05, 4.69) is 20.9 Å². The Hall–Kier alpha value is -1.55. The number of carbonyl (C=O) groups is 1. The molecule has 0 saturated heterocycles. The number of carbonyl (C=O) groups excluding carboxylic acids is 1. The van der Waals surface area contributed by atoms with Crippen molar-refractivity contribution in [3.8, 4) is 5.75 Å². The van der Waals surface area contributed by atoms with Crippen molar-refractivity contribution in [2.24, 2.45) is 0 Å². The fourth-order valence-corrected chi connectivity index (χ4v) is 1.78. The molecule has 106 valence electrons. The first-order valence-electron chi connectivity index (χ1n) is 6.72. The van der Waals surface area contributed by atoms with E-state index < -0.39 is 0 Å². The number of ether oxygens (including phenoxy) is 1. The normalized spacial score (nSPS) is 11.2. The lowest BCUT2D eigenvalue weighted by Gasteiger charge is -2.32. The first-order chi connectivity index (χ1) is 8.91. The van der Waals surface area contributed by atoms with E-state index in [-0.39, 0.29) is 6.09 Å². The standard InChI is InChI=1S/C15H25N2O2/c1-6-17(5,7-2)12-13-10-8-9-11-14(13)19-15(18)16(3)4/h8-11H,6-7,12H2,1-5H3/q+1. The third kappa shape index (κ3) is 4.24. The van der Waals surface area contributed by atoms with Gasteiger partial charge in [-0.05, 0) is 26.0 Å². The Balaban J connectivity index is 2.93. The van der Waals surface area contributed by atoms with Gasteiger partial charge >= 0.3 is 6.09 Å². The Morgan fingerprint density at radius 1 is 1.21 bits per heavy atom. The highest BCUT2D eigenvalue weighted by Gasteiger charge is 2.20. The van der Waals surface area contributed by atoms with Crippen molar-refractivity contribution in [3.63, 3.8) is 0 Å². The lowest BCUT2D eigenvalue weighted by Crippen LogP contribution is -2.42. The Bertz CT molecular complexity index is 426. The minimum Gasteiger partial charge on any atom is -0.410 e. The highest BCUT2D eigenvalue weighted by atomic mass is 16.6. The SMILES string of the molecule is CC[N+](C)(CC)Cc1ccccc1OC(=O)N(C)C. The third-order valence-electron chi connectivity index (χ3n) is 3.61. The molecule has 0 bridgehead atoms. The molecule has 0 unspecified atom stereocenters. The number of quaternary nitrogens is 1. The molecule has 0 aliphatic rings. The van der Waals surface area contributed by atoms with Gasteiger partial charge in [-0.15, -0.1) is 0 Å². The molecule has 0 heterocycles. The Labute approximate surface area is 116 Å². The van der Waals surface area contributed by atoms with E-state index in [0.717, 1.165) is 29.7 Å². The zero-order valence-electron chi connectivity index (χ0n) is 12.6. The van der Waals surface area contributed by atoms with E-state index in [1.54, 1.807) is 14.1 Å². The summed E-state index contributed by atoms with van der Waals surface area (Å²) in [7, 11) is 5.58. The van der Waals surface area contributed by atoms with Gasteiger partial charge in [0.25, 0.3) is 0 Å². The molecule has 1 aromatic rings. The molecule has 1 aromatic carbocycles. The molecule has 0 N–H and O–H groups in total. The largest absolute Gasteiger partial charge is 0.414 e. The van der Waals surface area contributed by atoms with Crippen LogP contribution in [0.25, 0.3) is 0 Å². The van der Waals surface area contributed by atoms with Crippen molar-refractivity contribution >= 4 is 6.09 Å². The first-order valence-corrected chi connectivity index (χ1v) is 6.72. The second kappa shape index (κ2) is 6.57. The van der Waals surface area contributed by atoms with Crippen molar-refractivity contribution in [1.82, 2.24) is 4.90 Å². The van der Waals surface area contributed by atoms with Gasteiger partial charge in [-0.2, -0.15) is 0 Å². The molecule has 0 fully saturated rings. The summed E-state index contributed by atoms with van der Waals surface area (Å²) in [6.07, 6.45) is -0.338. The lowest BCUT2D eigenvalue weighted by molar-refractivity contribution is -0.919. The lowest BCUT2D eigenvalue weighted by atomic mass is 10.1. The molecular formula is C15H25N2O2+. The van der Waals surface area contributed by atoms with Crippen LogP contribution in [0.4, 0.5) is 4.79 Å². The molecular weight excluding hydrogens is 240 g/mol.